The van der Waals surface area contributed by atoms with Crippen molar-refractivity contribution in [3.8, 4) is 27.7 Å². The number of aryl methyl sites for hydroxylation is 1. The molecule has 8 heteroatoms. The number of fused-ring (bicyclic) bond motifs is 1. The molecule has 36 heavy (non-hydrogen) atoms. The fourth-order valence-electron chi connectivity index (χ4n) is 4.17. The molecule has 1 N–H and O–H groups in total. The molecule has 7 nitrogen and oxygen atoms in total. The number of carbonyl (C=O) groups is 2. The molecular weight excluding hydrogens is 472 g/mol. The molecule has 2 aromatic carbocycles. The lowest BCUT2D eigenvalue weighted by Crippen LogP contribution is -2.52. The van der Waals surface area contributed by atoms with E-state index < -0.39 is 12.1 Å². The monoisotopic (exact) mass is 498 g/mol. The van der Waals surface area contributed by atoms with Gasteiger partial charge in [0.15, 0.2) is 6.10 Å². The highest BCUT2D eigenvalue weighted by molar-refractivity contribution is 7.13. The molecule has 0 aliphatic carbocycles. The van der Waals surface area contributed by atoms with Crippen molar-refractivity contribution < 1.29 is 14.3 Å². The number of nitrogens with zero attached hydrogens (tertiary/aromatic N) is 3. The number of nitrogens with one attached hydrogen (secondary N) is 1. The molecule has 1 aliphatic heterocycles. The number of thiazole rings is 1. The van der Waals surface area contributed by atoms with Crippen molar-refractivity contribution >= 4 is 34.5 Å². The van der Waals surface area contributed by atoms with Crippen LogP contribution in [0.25, 0.3) is 22.0 Å². The topological polar surface area (TPSA) is 84.4 Å². The van der Waals surface area contributed by atoms with Gasteiger partial charge in [-0.05, 0) is 75.2 Å². The van der Waals surface area contributed by atoms with E-state index in [1.54, 1.807) is 20.0 Å². The van der Waals surface area contributed by atoms with Crippen LogP contribution in [0.5, 0.6) is 5.75 Å². The van der Waals surface area contributed by atoms with Gasteiger partial charge in [0.25, 0.3) is 5.91 Å². The van der Waals surface area contributed by atoms with Crippen LogP contribution in [0.1, 0.15) is 25.0 Å². The van der Waals surface area contributed by atoms with Gasteiger partial charge in [-0.1, -0.05) is 18.2 Å². The molecule has 2 atom stereocenters. The maximum absolute atomic E-state index is 13.3. The van der Waals surface area contributed by atoms with Crippen LogP contribution in [0.3, 0.4) is 0 Å². The van der Waals surface area contributed by atoms with Crippen molar-refractivity contribution in [3.05, 3.63) is 77.3 Å². The highest BCUT2D eigenvalue weighted by Crippen LogP contribution is 2.39. The molecule has 0 fully saturated rings. The van der Waals surface area contributed by atoms with Crippen molar-refractivity contribution in [1.29, 1.82) is 0 Å². The number of rotatable bonds is 5. The number of hydrogen-bond donors (Lipinski definition) is 1. The van der Waals surface area contributed by atoms with E-state index in [-0.39, 0.29) is 11.8 Å². The lowest BCUT2D eigenvalue weighted by Gasteiger charge is -2.36. The van der Waals surface area contributed by atoms with Gasteiger partial charge in [-0.15, -0.1) is 11.3 Å². The molecule has 1 aliphatic rings. The van der Waals surface area contributed by atoms with Gasteiger partial charge in [-0.25, -0.2) is 4.98 Å². The highest BCUT2D eigenvalue weighted by Gasteiger charge is 2.37. The van der Waals surface area contributed by atoms with E-state index in [0.717, 1.165) is 38.8 Å². The molecule has 0 bridgehead atoms. The first-order chi connectivity index (χ1) is 17.3. The first kappa shape index (κ1) is 23.7. The molecule has 0 saturated heterocycles. The first-order valence-electron chi connectivity index (χ1n) is 11.7. The number of amides is 2. The summed E-state index contributed by atoms with van der Waals surface area (Å²) in [6, 6.07) is 16.3. The first-order valence-corrected chi connectivity index (χ1v) is 12.6. The maximum atomic E-state index is 13.3. The molecule has 3 heterocycles. The third kappa shape index (κ3) is 4.35. The Morgan fingerprint density at radius 3 is 2.72 bits per heavy atom. The molecule has 5 rings (SSSR count). The van der Waals surface area contributed by atoms with E-state index in [1.807, 2.05) is 73.8 Å². The largest absolute Gasteiger partial charge is 0.479 e. The van der Waals surface area contributed by atoms with Gasteiger partial charge < -0.3 is 10.1 Å². The zero-order valence-electron chi connectivity index (χ0n) is 20.5. The molecule has 2 aromatic heterocycles. The Morgan fingerprint density at radius 1 is 1.11 bits per heavy atom. The van der Waals surface area contributed by atoms with Crippen LogP contribution in [0.15, 0.2) is 66.2 Å². The second kappa shape index (κ2) is 9.54. The van der Waals surface area contributed by atoms with Crippen LogP contribution in [-0.2, 0) is 9.59 Å². The van der Waals surface area contributed by atoms with E-state index in [9.17, 15) is 9.59 Å². The summed E-state index contributed by atoms with van der Waals surface area (Å²) in [6.07, 6.45) is 1.04. The molecule has 4 aromatic rings. The van der Waals surface area contributed by atoms with Crippen molar-refractivity contribution in [3.63, 3.8) is 0 Å². The van der Waals surface area contributed by atoms with Gasteiger partial charge >= 0.3 is 0 Å². The average molecular weight is 499 g/mol. The molecular formula is C28H26N4O3S. The van der Waals surface area contributed by atoms with Crippen LogP contribution >= 0.6 is 11.3 Å². The fourth-order valence-corrected chi connectivity index (χ4v) is 4.98. The number of pyridine rings is 1. The second-order valence-corrected chi connectivity index (χ2v) is 9.67. The van der Waals surface area contributed by atoms with Crippen molar-refractivity contribution in [2.75, 3.05) is 10.2 Å². The van der Waals surface area contributed by atoms with Crippen LogP contribution in [-0.4, -0.2) is 33.9 Å². The normalized spacial score (nSPS) is 15.7. The highest BCUT2D eigenvalue weighted by atomic mass is 32.1. The number of carbonyl (C=O) groups excluding carboxylic acids is 2. The Balaban J connectivity index is 1.47. The fraction of sp³-hybridized carbons (Fsp3) is 0.214. The van der Waals surface area contributed by atoms with Gasteiger partial charge in [-0.2, -0.15) is 0 Å². The summed E-state index contributed by atoms with van der Waals surface area (Å²) in [5.74, 6) is 0.0155. The standard InChI is InChI=1S/C28H26N4O3S/c1-16-8-7-10-21(17(16)2)30-26(33)18(3)32-24-14-20(11-12-25(24)35-19(4)28(32)34)23-15-36-27(31-23)22-9-5-6-13-29-22/h5-15,18-19H,1-4H3,(H,30,33). The summed E-state index contributed by atoms with van der Waals surface area (Å²) in [5.41, 5.74) is 5.75. The SMILES string of the molecule is Cc1cccc(NC(=O)C(C)N2C(=O)C(C)Oc3ccc(-c4csc(-c5ccccn5)n4)cc32)c1C. The number of benzene rings is 2. The third-order valence-electron chi connectivity index (χ3n) is 6.42. The minimum Gasteiger partial charge on any atom is -0.479 e. The molecule has 0 spiro atoms. The molecule has 2 unspecified atom stereocenters. The molecule has 0 radical (unpaired) electrons. The summed E-state index contributed by atoms with van der Waals surface area (Å²) < 4.78 is 5.87. The zero-order chi connectivity index (χ0) is 25.4. The second-order valence-electron chi connectivity index (χ2n) is 8.82. The van der Waals surface area contributed by atoms with Crippen LogP contribution in [0, 0.1) is 13.8 Å². The van der Waals surface area contributed by atoms with Gasteiger partial charge in [0.1, 0.15) is 16.8 Å². The van der Waals surface area contributed by atoms with Crippen LogP contribution in [0.4, 0.5) is 11.4 Å². The van der Waals surface area contributed by atoms with Crippen molar-refractivity contribution in [2.45, 2.75) is 39.8 Å². The molecule has 0 saturated carbocycles. The quantitative estimate of drug-likeness (QED) is 0.386. The number of anilines is 2. The lowest BCUT2D eigenvalue weighted by atomic mass is 10.1. The Labute approximate surface area is 213 Å². The maximum Gasteiger partial charge on any atom is 0.268 e. The van der Waals surface area contributed by atoms with Crippen LogP contribution < -0.4 is 15.0 Å². The van der Waals surface area contributed by atoms with E-state index in [2.05, 4.69) is 10.3 Å². The third-order valence-corrected chi connectivity index (χ3v) is 7.29. The summed E-state index contributed by atoms with van der Waals surface area (Å²) in [6.45, 7) is 7.39. The Kier molecular flexibility index (Phi) is 6.28. The zero-order valence-corrected chi connectivity index (χ0v) is 21.3. The summed E-state index contributed by atoms with van der Waals surface area (Å²) in [4.78, 5) is 37.2. The summed E-state index contributed by atoms with van der Waals surface area (Å²) >= 11 is 1.50. The van der Waals surface area contributed by atoms with Gasteiger partial charge in [-0.3, -0.25) is 19.5 Å². The van der Waals surface area contributed by atoms with Crippen molar-refractivity contribution in [2.24, 2.45) is 0 Å². The number of ether oxygens (including phenoxy) is 1. The minimum absolute atomic E-state index is 0.268. The van der Waals surface area contributed by atoms with Gasteiger partial charge in [0.05, 0.1) is 17.1 Å². The average Bonchev–Trinajstić information content (AvgIpc) is 3.38. The van der Waals surface area contributed by atoms with Gasteiger partial charge in [0.2, 0.25) is 5.91 Å². The smallest absolute Gasteiger partial charge is 0.268 e. The summed E-state index contributed by atoms with van der Waals surface area (Å²) in [5, 5.41) is 5.76. The van der Waals surface area contributed by atoms with E-state index >= 15 is 0 Å². The lowest BCUT2D eigenvalue weighted by molar-refractivity contribution is -0.128. The Morgan fingerprint density at radius 2 is 1.94 bits per heavy atom. The van der Waals surface area contributed by atoms with Crippen molar-refractivity contribution in [1.82, 2.24) is 9.97 Å². The van der Waals surface area contributed by atoms with Gasteiger partial charge in [0, 0.05) is 22.8 Å². The minimum atomic E-state index is -0.753. The number of aromatic nitrogens is 2. The predicted molar refractivity (Wildman–Crippen MR) is 142 cm³/mol. The summed E-state index contributed by atoms with van der Waals surface area (Å²) in [7, 11) is 0. The Hall–Kier alpha value is -4.04. The van der Waals surface area contributed by atoms with E-state index in [0.29, 0.717) is 11.4 Å². The molecule has 182 valence electrons. The van der Waals surface area contributed by atoms with E-state index in [1.165, 1.54) is 16.2 Å². The van der Waals surface area contributed by atoms with Crippen LogP contribution in [0.2, 0.25) is 0 Å². The Bertz CT molecular complexity index is 1450. The number of hydrogen-bond acceptors (Lipinski definition) is 6. The molecule has 2 amide bonds. The van der Waals surface area contributed by atoms with E-state index in [4.69, 9.17) is 9.72 Å². The predicted octanol–water partition coefficient (Wildman–Crippen LogP) is 5.63.